The van der Waals surface area contributed by atoms with Gasteiger partial charge in [-0.2, -0.15) is 0 Å². The first-order valence-electron chi connectivity index (χ1n) is 7.26. The highest BCUT2D eigenvalue weighted by Crippen LogP contribution is 2.14. The van der Waals surface area contributed by atoms with Gasteiger partial charge in [0.25, 0.3) is 0 Å². The number of amides is 1. The lowest BCUT2D eigenvalue weighted by Crippen LogP contribution is -2.46. The van der Waals surface area contributed by atoms with E-state index in [0.717, 1.165) is 24.3 Å². The molecule has 1 amide bonds. The molecule has 0 heterocycles. The molecule has 0 fully saturated rings. The second-order valence-electron chi connectivity index (χ2n) is 5.38. The number of carbonyl (C=O) groups is 2. The molecule has 0 spiro atoms. The number of halogens is 3. The summed E-state index contributed by atoms with van der Waals surface area (Å²) in [5.74, 6) is -4.82. The van der Waals surface area contributed by atoms with E-state index in [9.17, 15) is 27.9 Å². The van der Waals surface area contributed by atoms with Gasteiger partial charge in [0.1, 0.15) is 17.9 Å². The Labute approximate surface area is 141 Å². The summed E-state index contributed by atoms with van der Waals surface area (Å²) < 4.78 is 39.0. The summed E-state index contributed by atoms with van der Waals surface area (Å²) in [4.78, 5) is 23.4. The van der Waals surface area contributed by atoms with Crippen molar-refractivity contribution in [2.45, 2.75) is 18.5 Å². The van der Waals surface area contributed by atoms with Crippen LogP contribution in [0, 0.1) is 17.5 Å². The van der Waals surface area contributed by atoms with Crippen molar-refractivity contribution < 1.29 is 27.9 Å². The monoisotopic (exact) mass is 352 g/mol. The third-order valence-electron chi connectivity index (χ3n) is 3.55. The Morgan fingerprint density at radius 2 is 1.68 bits per heavy atom. The first-order chi connectivity index (χ1) is 11.8. The van der Waals surface area contributed by atoms with E-state index in [4.69, 9.17) is 5.73 Å². The van der Waals surface area contributed by atoms with Gasteiger partial charge in [0.2, 0.25) is 5.91 Å². The second kappa shape index (κ2) is 7.80. The number of carboxylic acids is 1. The molecule has 0 saturated carbocycles. The zero-order valence-corrected chi connectivity index (χ0v) is 12.9. The zero-order valence-electron chi connectivity index (χ0n) is 12.9. The molecule has 4 N–H and O–H groups in total. The number of aliphatic carboxylic acids is 1. The number of carbonyl (C=O) groups excluding carboxylic acids is 1. The molecule has 25 heavy (non-hydrogen) atoms. The minimum atomic E-state index is -1.39. The minimum absolute atomic E-state index is 0.196. The Bertz CT molecular complexity index is 781. The van der Waals surface area contributed by atoms with Crippen LogP contribution in [0.25, 0.3) is 0 Å². The number of carboxylic acid groups (broad SMARTS) is 1. The van der Waals surface area contributed by atoms with Gasteiger partial charge >= 0.3 is 5.97 Å². The predicted molar refractivity (Wildman–Crippen MR) is 83.0 cm³/mol. The Morgan fingerprint density at radius 3 is 2.24 bits per heavy atom. The molecular formula is C17H15F3N2O3. The summed E-state index contributed by atoms with van der Waals surface area (Å²) in [5.41, 5.74) is 6.24. The fraction of sp³-hybridized carbons (Fsp3) is 0.176. The van der Waals surface area contributed by atoms with Crippen molar-refractivity contribution in [3.63, 3.8) is 0 Å². The molecule has 5 nitrogen and oxygen atoms in total. The Balaban J connectivity index is 2.09. The van der Waals surface area contributed by atoms with Crippen LogP contribution < -0.4 is 11.1 Å². The van der Waals surface area contributed by atoms with Gasteiger partial charge < -0.3 is 16.2 Å². The highest BCUT2D eigenvalue weighted by Gasteiger charge is 2.24. The molecular weight excluding hydrogens is 337 g/mol. The van der Waals surface area contributed by atoms with E-state index in [2.05, 4.69) is 5.32 Å². The van der Waals surface area contributed by atoms with Crippen LogP contribution in [0.3, 0.4) is 0 Å². The summed E-state index contributed by atoms with van der Waals surface area (Å²) in [6.45, 7) is 0. The topological polar surface area (TPSA) is 92.4 Å². The summed E-state index contributed by atoms with van der Waals surface area (Å²) in [7, 11) is 0. The van der Waals surface area contributed by atoms with E-state index in [1.807, 2.05) is 0 Å². The van der Waals surface area contributed by atoms with E-state index in [0.29, 0.717) is 5.56 Å². The van der Waals surface area contributed by atoms with E-state index in [1.165, 1.54) is 18.2 Å². The lowest BCUT2D eigenvalue weighted by Gasteiger charge is -2.18. The van der Waals surface area contributed by atoms with Crippen LogP contribution >= 0.6 is 0 Å². The van der Waals surface area contributed by atoms with Gasteiger partial charge in [0, 0.05) is 6.42 Å². The number of nitrogens with two attached hydrogens (primary N) is 1. The molecule has 0 aliphatic rings. The van der Waals surface area contributed by atoms with Crippen LogP contribution in [0.15, 0.2) is 42.5 Å². The molecule has 1 unspecified atom stereocenters. The SMILES string of the molecule is N[C@H](C(=O)NC(Cc1ccc(F)c(F)c1)C(=O)O)c1ccc(F)cc1. The molecule has 0 aliphatic heterocycles. The van der Waals surface area contributed by atoms with Crippen LogP contribution in [0.1, 0.15) is 17.2 Å². The lowest BCUT2D eigenvalue weighted by molar-refractivity contribution is -0.142. The zero-order chi connectivity index (χ0) is 18.6. The fourth-order valence-corrected chi connectivity index (χ4v) is 2.19. The molecule has 0 radical (unpaired) electrons. The molecule has 0 aliphatic carbocycles. The van der Waals surface area contributed by atoms with Gasteiger partial charge in [0.05, 0.1) is 0 Å². The lowest BCUT2D eigenvalue weighted by atomic mass is 10.0. The number of rotatable bonds is 6. The predicted octanol–water partition coefficient (Wildman–Crippen LogP) is 1.92. The third kappa shape index (κ3) is 4.80. The van der Waals surface area contributed by atoms with Gasteiger partial charge in [0.15, 0.2) is 11.6 Å². The third-order valence-corrected chi connectivity index (χ3v) is 3.55. The summed E-state index contributed by atoms with van der Waals surface area (Å²) in [5, 5.41) is 11.5. The normalized spacial score (nSPS) is 13.1. The Kier molecular flexibility index (Phi) is 5.76. The van der Waals surface area contributed by atoms with Crippen LogP contribution in [0.4, 0.5) is 13.2 Å². The average molecular weight is 352 g/mol. The Hall–Kier alpha value is -2.87. The first kappa shape index (κ1) is 18.5. The standard InChI is InChI=1S/C17H15F3N2O3/c18-11-4-2-10(3-5-11)15(21)16(23)22-14(17(24)25)8-9-1-6-12(19)13(20)7-9/h1-7,14-15H,8,21H2,(H,22,23)(H,24,25)/t14?,15-/m0/s1. The number of hydrogen-bond donors (Lipinski definition) is 3. The van der Waals surface area contributed by atoms with Crippen molar-refractivity contribution in [3.05, 3.63) is 71.0 Å². The second-order valence-corrected chi connectivity index (χ2v) is 5.38. The van der Waals surface area contributed by atoms with Gasteiger partial charge in [-0.15, -0.1) is 0 Å². The molecule has 132 valence electrons. The van der Waals surface area contributed by atoms with E-state index < -0.39 is 41.4 Å². The van der Waals surface area contributed by atoms with E-state index >= 15 is 0 Å². The van der Waals surface area contributed by atoms with E-state index in [-0.39, 0.29) is 12.0 Å². The van der Waals surface area contributed by atoms with Crippen molar-refractivity contribution in [2.24, 2.45) is 5.73 Å². The fourth-order valence-electron chi connectivity index (χ4n) is 2.19. The maximum atomic E-state index is 13.2. The highest BCUT2D eigenvalue weighted by molar-refractivity contribution is 5.87. The molecule has 0 aromatic heterocycles. The molecule has 2 atom stereocenters. The van der Waals surface area contributed by atoms with Crippen molar-refractivity contribution in [2.75, 3.05) is 0 Å². The molecule has 2 rings (SSSR count). The number of hydrogen-bond acceptors (Lipinski definition) is 3. The molecule has 2 aromatic carbocycles. The summed E-state index contributed by atoms with van der Waals surface area (Å²) in [6, 6.07) is 5.23. The van der Waals surface area contributed by atoms with Crippen LogP contribution in [0.2, 0.25) is 0 Å². The van der Waals surface area contributed by atoms with E-state index in [1.54, 1.807) is 0 Å². The molecule has 0 bridgehead atoms. The first-order valence-corrected chi connectivity index (χ1v) is 7.26. The van der Waals surface area contributed by atoms with Crippen molar-refractivity contribution in [1.82, 2.24) is 5.32 Å². The van der Waals surface area contributed by atoms with Gasteiger partial charge in [-0.05, 0) is 35.4 Å². The van der Waals surface area contributed by atoms with Crippen molar-refractivity contribution >= 4 is 11.9 Å². The maximum Gasteiger partial charge on any atom is 0.326 e. The molecule has 0 saturated heterocycles. The summed E-state index contributed by atoms with van der Waals surface area (Å²) >= 11 is 0. The maximum absolute atomic E-state index is 13.2. The minimum Gasteiger partial charge on any atom is -0.480 e. The van der Waals surface area contributed by atoms with Crippen molar-refractivity contribution in [1.29, 1.82) is 0 Å². The van der Waals surface area contributed by atoms with Crippen molar-refractivity contribution in [3.8, 4) is 0 Å². The summed E-state index contributed by atoms with van der Waals surface area (Å²) in [6.07, 6.45) is -0.256. The van der Waals surface area contributed by atoms with Crippen LogP contribution in [0.5, 0.6) is 0 Å². The van der Waals surface area contributed by atoms with Gasteiger partial charge in [-0.1, -0.05) is 18.2 Å². The average Bonchev–Trinajstić information content (AvgIpc) is 2.57. The quantitative estimate of drug-likeness (QED) is 0.741. The molecule has 8 heteroatoms. The van der Waals surface area contributed by atoms with Gasteiger partial charge in [-0.25, -0.2) is 18.0 Å². The smallest absolute Gasteiger partial charge is 0.326 e. The molecule has 2 aromatic rings. The van der Waals surface area contributed by atoms with Gasteiger partial charge in [-0.3, -0.25) is 4.79 Å². The Morgan fingerprint density at radius 1 is 1.04 bits per heavy atom. The van der Waals surface area contributed by atoms with Crippen LogP contribution in [-0.2, 0) is 16.0 Å². The highest BCUT2D eigenvalue weighted by atomic mass is 19.2. The number of benzene rings is 2. The largest absolute Gasteiger partial charge is 0.480 e. The van der Waals surface area contributed by atoms with Crippen LogP contribution in [-0.4, -0.2) is 23.0 Å². The number of nitrogens with one attached hydrogen (secondary N) is 1.